The number of ether oxygens (including phenoxy) is 2. The van der Waals surface area contributed by atoms with Crippen molar-refractivity contribution < 1.29 is 37.0 Å². The summed E-state index contributed by atoms with van der Waals surface area (Å²) in [5.74, 6) is -0.129. The zero-order valence-electron chi connectivity index (χ0n) is 15.6. The van der Waals surface area contributed by atoms with Gasteiger partial charge in [0.05, 0.1) is 6.61 Å². The Labute approximate surface area is 164 Å². The highest BCUT2D eigenvalue weighted by molar-refractivity contribution is 5.92. The number of hydrogen-bond donors (Lipinski definition) is 2. The monoisotopic (exact) mass is 412 g/mol. The minimum absolute atomic E-state index is 0.0243. The van der Waals surface area contributed by atoms with Crippen LogP contribution < -0.4 is 14.9 Å². The average Bonchev–Trinajstić information content (AvgIpc) is 3.25. The molecule has 0 fully saturated rings. The van der Waals surface area contributed by atoms with Gasteiger partial charge in [-0.1, -0.05) is 0 Å². The summed E-state index contributed by atoms with van der Waals surface area (Å²) in [5, 5.41) is 10.1. The number of carbonyl (C=O) groups is 1. The Hall–Kier alpha value is -3.14. The molecule has 1 amide bonds. The molecule has 0 bridgehead atoms. The quantitative estimate of drug-likeness (QED) is 0.757. The number of halogens is 3. The van der Waals surface area contributed by atoms with Gasteiger partial charge in [0.25, 0.3) is 5.72 Å². The maximum atomic E-state index is 13.2. The molecule has 0 aliphatic carbocycles. The highest BCUT2D eigenvalue weighted by Gasteiger charge is 2.61. The van der Waals surface area contributed by atoms with Crippen LogP contribution in [-0.2, 0) is 6.61 Å². The molecule has 1 aliphatic rings. The molecule has 156 valence electrons. The van der Waals surface area contributed by atoms with Gasteiger partial charge in [0.2, 0.25) is 0 Å². The SMILES string of the molecule is CCOc1ccc(OCc2ccc(C(=O)N3NC(C)=CC3(O)C(F)(F)F)o2)cc1. The van der Waals surface area contributed by atoms with Crippen molar-refractivity contribution in [1.29, 1.82) is 0 Å². The third kappa shape index (κ3) is 4.16. The third-order valence-corrected chi connectivity index (χ3v) is 4.06. The summed E-state index contributed by atoms with van der Waals surface area (Å²) in [5.41, 5.74) is -1.29. The first kappa shape index (κ1) is 20.6. The van der Waals surface area contributed by atoms with Crippen LogP contribution in [0.3, 0.4) is 0 Å². The normalized spacial score (nSPS) is 19.0. The maximum absolute atomic E-state index is 13.2. The van der Waals surface area contributed by atoms with Crippen LogP contribution in [0.2, 0.25) is 0 Å². The van der Waals surface area contributed by atoms with E-state index < -0.39 is 17.8 Å². The highest BCUT2D eigenvalue weighted by atomic mass is 19.4. The lowest BCUT2D eigenvalue weighted by Gasteiger charge is -2.33. The number of hydrogen-bond acceptors (Lipinski definition) is 6. The zero-order valence-corrected chi connectivity index (χ0v) is 15.6. The lowest BCUT2D eigenvalue weighted by molar-refractivity contribution is -0.283. The Morgan fingerprint density at radius 1 is 1.17 bits per heavy atom. The zero-order chi connectivity index (χ0) is 21.2. The molecule has 1 atom stereocenters. The van der Waals surface area contributed by atoms with E-state index in [4.69, 9.17) is 13.9 Å². The van der Waals surface area contributed by atoms with E-state index in [0.717, 1.165) is 0 Å². The Bertz CT molecular complexity index is 907. The first-order valence-corrected chi connectivity index (χ1v) is 8.68. The van der Waals surface area contributed by atoms with Crippen molar-refractivity contribution in [2.75, 3.05) is 6.61 Å². The number of nitrogens with one attached hydrogen (secondary N) is 1. The topological polar surface area (TPSA) is 84.2 Å². The lowest BCUT2D eigenvalue weighted by Crippen LogP contribution is -2.60. The lowest BCUT2D eigenvalue weighted by atomic mass is 10.2. The Morgan fingerprint density at radius 3 is 2.38 bits per heavy atom. The molecule has 0 saturated carbocycles. The summed E-state index contributed by atoms with van der Waals surface area (Å²) in [4.78, 5) is 12.5. The van der Waals surface area contributed by atoms with E-state index in [1.54, 1.807) is 24.3 Å². The number of benzene rings is 1. The predicted molar refractivity (Wildman–Crippen MR) is 94.7 cm³/mol. The number of hydrazine groups is 1. The van der Waals surface area contributed by atoms with E-state index in [-0.39, 0.29) is 28.8 Å². The van der Waals surface area contributed by atoms with Crippen LogP contribution in [0.4, 0.5) is 13.2 Å². The van der Waals surface area contributed by atoms with Crippen LogP contribution in [0.5, 0.6) is 11.5 Å². The van der Waals surface area contributed by atoms with E-state index in [1.807, 2.05) is 6.92 Å². The van der Waals surface area contributed by atoms with Gasteiger partial charge in [-0.3, -0.25) is 10.2 Å². The number of nitrogens with zero attached hydrogens (tertiary/aromatic N) is 1. The van der Waals surface area contributed by atoms with E-state index in [1.165, 1.54) is 19.1 Å². The molecule has 3 rings (SSSR count). The van der Waals surface area contributed by atoms with Crippen molar-refractivity contribution in [2.24, 2.45) is 0 Å². The Balaban J connectivity index is 1.67. The molecule has 1 aliphatic heterocycles. The third-order valence-electron chi connectivity index (χ3n) is 4.06. The van der Waals surface area contributed by atoms with E-state index in [9.17, 15) is 23.1 Å². The molecule has 0 radical (unpaired) electrons. The van der Waals surface area contributed by atoms with Crippen LogP contribution in [0.25, 0.3) is 0 Å². The van der Waals surface area contributed by atoms with Crippen LogP contribution in [-0.4, -0.2) is 34.5 Å². The first-order valence-electron chi connectivity index (χ1n) is 8.68. The van der Waals surface area contributed by atoms with Crippen LogP contribution in [0.1, 0.15) is 30.2 Å². The molecule has 2 aromatic rings. The summed E-state index contributed by atoms with van der Waals surface area (Å²) in [6.45, 7) is 3.65. The standard InChI is InChI=1S/C19H19F3N2O5/c1-3-27-13-4-6-14(7-5-13)28-11-15-8-9-16(29-15)17(25)24-18(26,19(20,21)22)10-12(2)23-24/h4-10,23,26H,3,11H2,1-2H3. The summed E-state index contributed by atoms with van der Waals surface area (Å²) < 4.78 is 55.9. The molecule has 0 spiro atoms. The molecule has 10 heteroatoms. The second-order valence-corrected chi connectivity index (χ2v) is 6.26. The maximum Gasteiger partial charge on any atom is 0.442 e. The number of furan rings is 1. The minimum atomic E-state index is -5.10. The van der Waals surface area contributed by atoms with Gasteiger partial charge in [-0.15, -0.1) is 0 Å². The Kier molecular flexibility index (Phi) is 5.47. The van der Waals surface area contributed by atoms with Crippen molar-refractivity contribution >= 4 is 5.91 Å². The predicted octanol–water partition coefficient (Wildman–Crippen LogP) is 3.37. The van der Waals surface area contributed by atoms with Crippen LogP contribution >= 0.6 is 0 Å². The highest BCUT2D eigenvalue weighted by Crippen LogP contribution is 2.38. The largest absolute Gasteiger partial charge is 0.494 e. The number of carbonyl (C=O) groups excluding carboxylic acids is 1. The minimum Gasteiger partial charge on any atom is -0.494 e. The number of alkyl halides is 3. The summed E-state index contributed by atoms with van der Waals surface area (Å²) in [6, 6.07) is 9.44. The van der Waals surface area contributed by atoms with Gasteiger partial charge in [0.1, 0.15) is 23.9 Å². The van der Waals surface area contributed by atoms with Gasteiger partial charge in [-0.25, -0.2) is 5.01 Å². The van der Waals surface area contributed by atoms with E-state index >= 15 is 0 Å². The second-order valence-electron chi connectivity index (χ2n) is 6.26. The van der Waals surface area contributed by atoms with Gasteiger partial charge < -0.3 is 19.0 Å². The molecular weight excluding hydrogens is 393 g/mol. The fraction of sp³-hybridized carbons (Fsp3) is 0.316. The molecule has 29 heavy (non-hydrogen) atoms. The molecule has 1 unspecified atom stereocenters. The smallest absolute Gasteiger partial charge is 0.442 e. The average molecular weight is 412 g/mol. The molecule has 1 aromatic carbocycles. The summed E-state index contributed by atoms with van der Waals surface area (Å²) in [7, 11) is 0. The number of amides is 1. The van der Waals surface area contributed by atoms with Gasteiger partial charge in [0.15, 0.2) is 5.76 Å². The Morgan fingerprint density at radius 2 is 1.79 bits per heavy atom. The first-order chi connectivity index (χ1) is 13.6. The van der Waals surface area contributed by atoms with Gasteiger partial charge in [0, 0.05) is 5.70 Å². The van der Waals surface area contributed by atoms with Crippen molar-refractivity contribution in [1.82, 2.24) is 10.4 Å². The number of allylic oxidation sites excluding steroid dienone is 1. The summed E-state index contributed by atoms with van der Waals surface area (Å²) >= 11 is 0. The van der Waals surface area contributed by atoms with E-state index in [2.05, 4.69) is 5.43 Å². The molecule has 2 N–H and O–H groups in total. The van der Waals surface area contributed by atoms with Crippen molar-refractivity contribution in [2.45, 2.75) is 32.4 Å². The van der Waals surface area contributed by atoms with Gasteiger partial charge >= 0.3 is 12.1 Å². The van der Waals surface area contributed by atoms with Gasteiger partial charge in [-0.05, 0) is 56.3 Å². The van der Waals surface area contributed by atoms with E-state index in [0.29, 0.717) is 24.2 Å². The molecule has 1 aromatic heterocycles. The number of aliphatic hydroxyl groups is 1. The fourth-order valence-corrected chi connectivity index (χ4v) is 2.71. The van der Waals surface area contributed by atoms with Crippen molar-refractivity contribution in [3.8, 4) is 11.5 Å². The van der Waals surface area contributed by atoms with Crippen LogP contribution in [0, 0.1) is 0 Å². The number of rotatable bonds is 6. The van der Waals surface area contributed by atoms with Crippen LogP contribution in [0.15, 0.2) is 52.6 Å². The van der Waals surface area contributed by atoms with Gasteiger partial charge in [-0.2, -0.15) is 13.2 Å². The molecule has 2 heterocycles. The van der Waals surface area contributed by atoms with Crippen molar-refractivity contribution in [3.63, 3.8) is 0 Å². The fourth-order valence-electron chi connectivity index (χ4n) is 2.71. The second kappa shape index (κ2) is 7.70. The molecular formula is C19H19F3N2O5. The molecule has 0 saturated heterocycles. The summed E-state index contributed by atoms with van der Waals surface area (Å²) in [6.07, 6.45) is -4.58. The van der Waals surface area contributed by atoms with Crippen molar-refractivity contribution in [3.05, 3.63) is 59.7 Å². The molecule has 7 nitrogen and oxygen atoms in total.